The molecule has 120 valence electrons. The molecular weight excluding hydrogens is 273 g/mol. The predicted molar refractivity (Wildman–Crippen MR) is 81.0 cm³/mol. The molecule has 0 radical (unpaired) electrons. The van der Waals surface area contributed by atoms with Crippen molar-refractivity contribution in [3.05, 3.63) is 29.6 Å². The highest BCUT2D eigenvalue weighted by molar-refractivity contribution is 5.36. The van der Waals surface area contributed by atoms with Crippen molar-refractivity contribution >= 4 is 0 Å². The Kier molecular flexibility index (Phi) is 8.27. The summed E-state index contributed by atoms with van der Waals surface area (Å²) in [6.07, 6.45) is 2.40. The molecule has 0 saturated heterocycles. The van der Waals surface area contributed by atoms with Crippen molar-refractivity contribution in [2.75, 3.05) is 33.9 Å². The number of methoxy groups -OCH3 is 1. The Morgan fingerprint density at radius 1 is 1.24 bits per heavy atom. The van der Waals surface area contributed by atoms with Gasteiger partial charge in [-0.05, 0) is 51.4 Å². The summed E-state index contributed by atoms with van der Waals surface area (Å²) >= 11 is 0. The number of halogens is 1. The van der Waals surface area contributed by atoms with E-state index >= 15 is 0 Å². The molecule has 0 aliphatic rings. The minimum atomic E-state index is -0.874. The number of unbranched alkanes of at least 4 members (excludes halogenated alkanes) is 2. The molecule has 1 unspecified atom stereocenters. The van der Waals surface area contributed by atoms with Crippen molar-refractivity contribution < 1.29 is 19.3 Å². The van der Waals surface area contributed by atoms with Crippen LogP contribution in [0.25, 0.3) is 0 Å². The summed E-state index contributed by atoms with van der Waals surface area (Å²) in [5.74, 6) is -0.0550. The van der Waals surface area contributed by atoms with E-state index in [4.69, 9.17) is 9.84 Å². The number of aliphatic hydroxyl groups excluding tert-OH is 2. The lowest BCUT2D eigenvalue weighted by atomic mass is 10.0. The number of rotatable bonds is 10. The minimum absolute atomic E-state index is 0.230. The van der Waals surface area contributed by atoms with Gasteiger partial charge in [0.15, 0.2) is 0 Å². The fourth-order valence-electron chi connectivity index (χ4n) is 2.29. The van der Waals surface area contributed by atoms with Crippen LogP contribution in [0.5, 0.6) is 5.75 Å². The molecule has 0 spiro atoms. The number of hydrogen-bond acceptors (Lipinski definition) is 4. The Bertz CT molecular complexity index is 415. The molecule has 0 bridgehead atoms. The standard InChI is InChI=1S/C16H26FNO3/c1-18(10-4-3-5-12-19)11-9-14(20)16-13(17)7-6-8-15(16)21-2/h6-8,14,19-20H,3-5,9-12H2,1-2H3. The quantitative estimate of drug-likeness (QED) is 0.651. The Hall–Kier alpha value is -1.17. The first kappa shape index (κ1) is 17.9. The summed E-state index contributed by atoms with van der Waals surface area (Å²) in [5, 5.41) is 18.9. The maximum atomic E-state index is 13.8. The highest BCUT2D eigenvalue weighted by Crippen LogP contribution is 2.29. The number of hydrogen-bond donors (Lipinski definition) is 2. The van der Waals surface area contributed by atoms with E-state index in [1.165, 1.54) is 13.2 Å². The average molecular weight is 299 g/mol. The van der Waals surface area contributed by atoms with E-state index < -0.39 is 11.9 Å². The topological polar surface area (TPSA) is 52.9 Å². The third-order valence-corrected chi connectivity index (χ3v) is 3.55. The van der Waals surface area contributed by atoms with Gasteiger partial charge < -0.3 is 19.8 Å². The first-order chi connectivity index (χ1) is 10.1. The molecule has 0 aliphatic carbocycles. The highest BCUT2D eigenvalue weighted by Gasteiger charge is 2.18. The van der Waals surface area contributed by atoms with Crippen LogP contribution in [0.2, 0.25) is 0 Å². The molecule has 21 heavy (non-hydrogen) atoms. The fourth-order valence-corrected chi connectivity index (χ4v) is 2.29. The summed E-state index contributed by atoms with van der Waals surface area (Å²) in [7, 11) is 3.45. The normalized spacial score (nSPS) is 12.7. The molecule has 0 fully saturated rings. The van der Waals surface area contributed by atoms with Gasteiger partial charge in [0.25, 0.3) is 0 Å². The van der Waals surface area contributed by atoms with E-state index in [2.05, 4.69) is 4.90 Å². The average Bonchev–Trinajstić information content (AvgIpc) is 2.48. The van der Waals surface area contributed by atoms with Crippen molar-refractivity contribution in [1.29, 1.82) is 0 Å². The van der Waals surface area contributed by atoms with Crippen LogP contribution in [0, 0.1) is 5.82 Å². The molecular formula is C16H26FNO3. The van der Waals surface area contributed by atoms with Crippen LogP contribution in [0.3, 0.4) is 0 Å². The van der Waals surface area contributed by atoms with E-state index in [-0.39, 0.29) is 12.2 Å². The second-order valence-electron chi connectivity index (χ2n) is 5.25. The van der Waals surface area contributed by atoms with Crippen LogP contribution in [0.15, 0.2) is 18.2 Å². The lowest BCUT2D eigenvalue weighted by Crippen LogP contribution is -2.23. The smallest absolute Gasteiger partial charge is 0.132 e. The van der Waals surface area contributed by atoms with Crippen LogP contribution in [0.1, 0.15) is 37.4 Å². The van der Waals surface area contributed by atoms with Gasteiger partial charge in [0, 0.05) is 13.2 Å². The third kappa shape index (κ3) is 5.99. The number of nitrogens with zero attached hydrogens (tertiary/aromatic N) is 1. The maximum absolute atomic E-state index is 13.8. The van der Waals surface area contributed by atoms with Crippen molar-refractivity contribution in [3.8, 4) is 5.75 Å². The van der Waals surface area contributed by atoms with E-state index in [9.17, 15) is 9.50 Å². The molecule has 1 rings (SSSR count). The zero-order valence-electron chi connectivity index (χ0n) is 12.9. The van der Waals surface area contributed by atoms with Gasteiger partial charge in [0.1, 0.15) is 11.6 Å². The van der Waals surface area contributed by atoms with Gasteiger partial charge in [-0.2, -0.15) is 0 Å². The minimum Gasteiger partial charge on any atom is -0.496 e. The van der Waals surface area contributed by atoms with E-state index in [1.54, 1.807) is 12.1 Å². The Morgan fingerprint density at radius 3 is 2.67 bits per heavy atom. The fraction of sp³-hybridized carbons (Fsp3) is 0.625. The highest BCUT2D eigenvalue weighted by atomic mass is 19.1. The van der Waals surface area contributed by atoms with Gasteiger partial charge in [-0.3, -0.25) is 0 Å². The molecule has 2 N–H and O–H groups in total. The van der Waals surface area contributed by atoms with Crippen LogP contribution in [-0.2, 0) is 0 Å². The third-order valence-electron chi connectivity index (χ3n) is 3.55. The summed E-state index contributed by atoms with van der Waals surface area (Å²) in [6.45, 7) is 1.81. The largest absolute Gasteiger partial charge is 0.496 e. The maximum Gasteiger partial charge on any atom is 0.132 e. The second-order valence-corrected chi connectivity index (χ2v) is 5.25. The van der Waals surface area contributed by atoms with Crippen LogP contribution in [-0.4, -0.2) is 49.0 Å². The molecule has 0 amide bonds. The molecule has 5 heteroatoms. The Labute approximate surface area is 126 Å². The van der Waals surface area contributed by atoms with Crippen molar-refractivity contribution in [2.45, 2.75) is 31.8 Å². The Morgan fingerprint density at radius 2 is 2.00 bits per heavy atom. The number of ether oxygens (including phenoxy) is 1. The second kappa shape index (κ2) is 9.71. The van der Waals surface area contributed by atoms with E-state index in [0.717, 1.165) is 25.8 Å². The van der Waals surface area contributed by atoms with Gasteiger partial charge in [-0.15, -0.1) is 0 Å². The molecule has 0 saturated carbocycles. The SMILES string of the molecule is COc1cccc(F)c1C(O)CCN(C)CCCCCO. The number of benzene rings is 1. The first-order valence-corrected chi connectivity index (χ1v) is 7.40. The van der Waals surface area contributed by atoms with Crippen molar-refractivity contribution in [3.63, 3.8) is 0 Å². The van der Waals surface area contributed by atoms with E-state index in [1.807, 2.05) is 7.05 Å². The van der Waals surface area contributed by atoms with Crippen LogP contribution < -0.4 is 4.74 Å². The molecule has 0 aliphatic heterocycles. The molecule has 0 heterocycles. The Balaban J connectivity index is 2.45. The molecule has 1 atom stereocenters. The van der Waals surface area contributed by atoms with Crippen molar-refractivity contribution in [1.82, 2.24) is 4.90 Å². The van der Waals surface area contributed by atoms with Crippen LogP contribution in [0.4, 0.5) is 4.39 Å². The summed E-state index contributed by atoms with van der Waals surface area (Å²) < 4.78 is 18.9. The first-order valence-electron chi connectivity index (χ1n) is 7.40. The van der Waals surface area contributed by atoms with Gasteiger partial charge in [-0.25, -0.2) is 4.39 Å². The zero-order valence-corrected chi connectivity index (χ0v) is 12.9. The van der Waals surface area contributed by atoms with Gasteiger partial charge in [0.2, 0.25) is 0 Å². The zero-order chi connectivity index (χ0) is 15.7. The van der Waals surface area contributed by atoms with E-state index in [0.29, 0.717) is 18.7 Å². The molecule has 0 aromatic heterocycles. The monoisotopic (exact) mass is 299 g/mol. The number of aliphatic hydroxyl groups is 2. The van der Waals surface area contributed by atoms with Crippen molar-refractivity contribution in [2.24, 2.45) is 0 Å². The molecule has 4 nitrogen and oxygen atoms in total. The lowest BCUT2D eigenvalue weighted by Gasteiger charge is -2.20. The summed E-state index contributed by atoms with van der Waals surface area (Å²) in [6, 6.07) is 4.55. The van der Waals surface area contributed by atoms with Gasteiger partial charge >= 0.3 is 0 Å². The van der Waals surface area contributed by atoms with Gasteiger partial charge in [-0.1, -0.05) is 6.07 Å². The molecule has 1 aromatic carbocycles. The van der Waals surface area contributed by atoms with Crippen LogP contribution >= 0.6 is 0 Å². The summed E-state index contributed by atoms with van der Waals surface area (Å²) in [5.41, 5.74) is 0.230. The molecule has 1 aromatic rings. The predicted octanol–water partition coefficient (Wildman–Crippen LogP) is 2.35. The lowest BCUT2D eigenvalue weighted by molar-refractivity contribution is 0.141. The summed E-state index contributed by atoms with van der Waals surface area (Å²) in [4.78, 5) is 2.11. The van der Waals surface area contributed by atoms with Gasteiger partial charge in [0.05, 0.1) is 18.8 Å².